The van der Waals surface area contributed by atoms with Crippen molar-refractivity contribution in [3.8, 4) is 11.5 Å². The van der Waals surface area contributed by atoms with E-state index in [1.165, 1.54) is 0 Å². The summed E-state index contributed by atoms with van der Waals surface area (Å²) in [6.45, 7) is 0. The van der Waals surface area contributed by atoms with E-state index in [-0.39, 0.29) is 0 Å². The predicted octanol–water partition coefficient (Wildman–Crippen LogP) is 3.30. The molecular weight excluding hydrogens is 224 g/mol. The average Bonchev–Trinajstić information content (AvgIpc) is 2.20. The van der Waals surface area contributed by atoms with E-state index in [4.69, 9.17) is 27.8 Å². The van der Waals surface area contributed by atoms with Gasteiger partial charge in [0.15, 0.2) is 0 Å². The molecule has 0 radical (unpaired) electrons. The van der Waals surface area contributed by atoms with Crippen molar-refractivity contribution in [3.05, 3.63) is 47.5 Å². The zero-order chi connectivity index (χ0) is 11.5. The van der Waals surface area contributed by atoms with Gasteiger partial charge >= 0.3 is 0 Å². The molecule has 16 heavy (non-hydrogen) atoms. The fraction of sp³-hybridized carbons (Fsp3) is 0. The number of nitrogens with two attached hydrogens (primary N) is 2. The van der Waals surface area contributed by atoms with Crippen LogP contribution in [0.3, 0.4) is 0 Å². The van der Waals surface area contributed by atoms with Crippen molar-refractivity contribution >= 4 is 23.0 Å². The van der Waals surface area contributed by atoms with E-state index in [9.17, 15) is 0 Å². The van der Waals surface area contributed by atoms with Crippen LogP contribution in [0.5, 0.6) is 11.5 Å². The summed E-state index contributed by atoms with van der Waals surface area (Å²) in [6, 6.07) is 12.2. The Labute approximate surface area is 98.6 Å². The lowest BCUT2D eigenvalue weighted by Crippen LogP contribution is -1.89. The van der Waals surface area contributed by atoms with Crippen LogP contribution in [0.15, 0.2) is 42.5 Å². The lowest BCUT2D eigenvalue weighted by molar-refractivity contribution is 0.483. The first kappa shape index (κ1) is 10.6. The summed E-state index contributed by atoms with van der Waals surface area (Å²) >= 11 is 5.86. The lowest BCUT2D eigenvalue weighted by Gasteiger charge is -2.07. The minimum absolute atomic E-state index is 0.547. The van der Waals surface area contributed by atoms with Crippen LogP contribution in [0.1, 0.15) is 0 Å². The highest BCUT2D eigenvalue weighted by molar-refractivity contribution is 6.31. The largest absolute Gasteiger partial charge is 0.457 e. The molecule has 0 atom stereocenters. The second kappa shape index (κ2) is 4.33. The number of hydrogen-bond donors (Lipinski definition) is 2. The molecule has 2 aromatic carbocycles. The molecule has 4 heteroatoms. The number of hydrogen-bond acceptors (Lipinski definition) is 3. The Hall–Kier alpha value is -1.87. The first-order valence-corrected chi connectivity index (χ1v) is 5.11. The standard InChI is InChI=1S/C12H11ClN2O/c13-8-5-10(15)7-12(6-8)16-11-3-1-9(14)2-4-11/h1-7H,14-15H2. The van der Waals surface area contributed by atoms with Gasteiger partial charge in [0, 0.05) is 22.5 Å². The van der Waals surface area contributed by atoms with E-state index in [2.05, 4.69) is 0 Å². The van der Waals surface area contributed by atoms with Gasteiger partial charge in [-0.15, -0.1) is 0 Å². The number of nitrogen functional groups attached to an aromatic ring is 2. The van der Waals surface area contributed by atoms with E-state index in [0.717, 1.165) is 0 Å². The molecule has 0 unspecified atom stereocenters. The van der Waals surface area contributed by atoms with E-state index in [0.29, 0.717) is 27.9 Å². The number of benzene rings is 2. The maximum atomic E-state index is 5.86. The second-order valence-electron chi connectivity index (χ2n) is 3.39. The third-order valence-electron chi connectivity index (χ3n) is 2.01. The molecule has 0 spiro atoms. The molecular formula is C12H11ClN2O. The Bertz CT molecular complexity index is 477. The summed E-state index contributed by atoms with van der Waals surface area (Å²) in [5, 5.41) is 0.547. The van der Waals surface area contributed by atoms with Gasteiger partial charge in [0.25, 0.3) is 0 Å². The second-order valence-corrected chi connectivity index (χ2v) is 3.83. The summed E-state index contributed by atoms with van der Waals surface area (Å²) in [4.78, 5) is 0. The molecule has 0 heterocycles. The average molecular weight is 235 g/mol. The smallest absolute Gasteiger partial charge is 0.130 e. The van der Waals surface area contributed by atoms with Crippen molar-refractivity contribution in [3.63, 3.8) is 0 Å². The van der Waals surface area contributed by atoms with Gasteiger partial charge in [0.05, 0.1) is 0 Å². The number of ether oxygens (including phenoxy) is 1. The molecule has 0 aliphatic rings. The molecule has 4 N–H and O–H groups in total. The van der Waals surface area contributed by atoms with Crippen LogP contribution in [-0.4, -0.2) is 0 Å². The Balaban J connectivity index is 2.23. The van der Waals surface area contributed by atoms with Gasteiger partial charge in [-0.25, -0.2) is 0 Å². The van der Waals surface area contributed by atoms with Gasteiger partial charge in [-0.05, 0) is 36.4 Å². The quantitative estimate of drug-likeness (QED) is 0.784. The maximum Gasteiger partial charge on any atom is 0.130 e. The van der Waals surface area contributed by atoms with Crippen LogP contribution in [0.4, 0.5) is 11.4 Å². The Morgan fingerprint density at radius 2 is 1.50 bits per heavy atom. The fourth-order valence-corrected chi connectivity index (χ4v) is 1.55. The minimum atomic E-state index is 0.547. The van der Waals surface area contributed by atoms with Crippen LogP contribution in [0, 0.1) is 0 Å². The van der Waals surface area contributed by atoms with Gasteiger partial charge in [-0.2, -0.15) is 0 Å². The topological polar surface area (TPSA) is 61.3 Å². The fourth-order valence-electron chi connectivity index (χ4n) is 1.32. The van der Waals surface area contributed by atoms with Crippen molar-refractivity contribution in [2.24, 2.45) is 0 Å². The molecule has 0 aromatic heterocycles. The molecule has 0 saturated heterocycles. The number of anilines is 2. The summed E-state index contributed by atoms with van der Waals surface area (Å²) in [5.41, 5.74) is 12.5. The van der Waals surface area contributed by atoms with Crippen molar-refractivity contribution < 1.29 is 4.74 Å². The first-order chi connectivity index (χ1) is 7.63. The zero-order valence-corrected chi connectivity index (χ0v) is 9.24. The SMILES string of the molecule is Nc1ccc(Oc2cc(N)cc(Cl)c2)cc1. The molecule has 0 aliphatic heterocycles. The van der Waals surface area contributed by atoms with Gasteiger partial charge in [0.1, 0.15) is 11.5 Å². The van der Waals surface area contributed by atoms with Gasteiger partial charge in [-0.3, -0.25) is 0 Å². The summed E-state index contributed by atoms with van der Waals surface area (Å²) in [7, 11) is 0. The molecule has 2 rings (SSSR count). The zero-order valence-electron chi connectivity index (χ0n) is 8.48. The van der Waals surface area contributed by atoms with E-state index < -0.39 is 0 Å². The maximum absolute atomic E-state index is 5.86. The highest BCUT2D eigenvalue weighted by Crippen LogP contribution is 2.27. The monoisotopic (exact) mass is 234 g/mol. The van der Waals surface area contributed by atoms with Gasteiger partial charge in [0.2, 0.25) is 0 Å². The predicted molar refractivity (Wildman–Crippen MR) is 66.8 cm³/mol. The Morgan fingerprint density at radius 3 is 2.12 bits per heavy atom. The van der Waals surface area contributed by atoms with Crippen LogP contribution in [-0.2, 0) is 0 Å². The molecule has 0 saturated carbocycles. The van der Waals surface area contributed by atoms with Crippen molar-refractivity contribution in [1.29, 1.82) is 0 Å². The van der Waals surface area contributed by atoms with E-state index in [1.54, 1.807) is 42.5 Å². The van der Waals surface area contributed by atoms with Crippen LogP contribution < -0.4 is 16.2 Å². The summed E-state index contributed by atoms with van der Waals surface area (Å²) in [5.74, 6) is 1.30. The molecule has 0 fully saturated rings. The highest BCUT2D eigenvalue weighted by Gasteiger charge is 2.00. The van der Waals surface area contributed by atoms with Crippen molar-refractivity contribution in [2.45, 2.75) is 0 Å². The van der Waals surface area contributed by atoms with Gasteiger partial charge < -0.3 is 16.2 Å². The molecule has 0 amide bonds. The minimum Gasteiger partial charge on any atom is -0.457 e. The van der Waals surface area contributed by atoms with Crippen molar-refractivity contribution in [2.75, 3.05) is 11.5 Å². The van der Waals surface area contributed by atoms with E-state index >= 15 is 0 Å². The third-order valence-corrected chi connectivity index (χ3v) is 2.23. The first-order valence-electron chi connectivity index (χ1n) is 4.73. The lowest BCUT2D eigenvalue weighted by atomic mass is 10.3. The Morgan fingerprint density at radius 1 is 0.812 bits per heavy atom. The Kier molecular flexibility index (Phi) is 2.88. The summed E-state index contributed by atoms with van der Waals surface area (Å²) in [6.07, 6.45) is 0. The van der Waals surface area contributed by atoms with Crippen LogP contribution in [0.2, 0.25) is 5.02 Å². The normalized spacial score (nSPS) is 10.1. The summed E-state index contributed by atoms with van der Waals surface area (Å²) < 4.78 is 5.58. The molecule has 3 nitrogen and oxygen atoms in total. The highest BCUT2D eigenvalue weighted by atomic mass is 35.5. The van der Waals surface area contributed by atoms with Crippen LogP contribution in [0.25, 0.3) is 0 Å². The number of halogens is 1. The van der Waals surface area contributed by atoms with E-state index in [1.807, 2.05) is 0 Å². The third kappa shape index (κ3) is 2.58. The number of rotatable bonds is 2. The molecule has 0 aliphatic carbocycles. The molecule has 2 aromatic rings. The molecule has 82 valence electrons. The molecule has 0 bridgehead atoms. The van der Waals surface area contributed by atoms with Crippen molar-refractivity contribution in [1.82, 2.24) is 0 Å². The van der Waals surface area contributed by atoms with Gasteiger partial charge in [-0.1, -0.05) is 11.6 Å². The van der Waals surface area contributed by atoms with Crippen LogP contribution >= 0.6 is 11.6 Å².